The lowest BCUT2D eigenvalue weighted by Gasteiger charge is -2.28. The van der Waals surface area contributed by atoms with Gasteiger partial charge in [0.1, 0.15) is 12.4 Å². The molecule has 0 saturated carbocycles. The fourth-order valence-electron chi connectivity index (χ4n) is 2.21. The molecule has 20 heavy (non-hydrogen) atoms. The summed E-state index contributed by atoms with van der Waals surface area (Å²) in [6, 6.07) is 0. The molecule has 2 rings (SSSR count). The van der Waals surface area contributed by atoms with Crippen LogP contribution in [-0.2, 0) is 9.47 Å². The van der Waals surface area contributed by atoms with Crippen molar-refractivity contribution in [1.29, 1.82) is 0 Å². The molecule has 0 aromatic heterocycles. The Hall–Kier alpha value is -0.790. The van der Waals surface area contributed by atoms with Gasteiger partial charge in [-0.05, 0) is 6.92 Å². The van der Waals surface area contributed by atoms with Crippen LogP contribution in [0.15, 0.2) is 4.99 Å². The fraction of sp³-hybridized carbons (Fsp3) is 0.846. The van der Waals surface area contributed by atoms with Gasteiger partial charge in [-0.15, -0.1) is 0 Å². The van der Waals surface area contributed by atoms with Gasteiger partial charge in [0.25, 0.3) is 0 Å². The molecular formula is C13H23N3O3S. The molecule has 2 aliphatic rings. The highest BCUT2D eigenvalue weighted by Crippen LogP contribution is 2.08. The van der Waals surface area contributed by atoms with E-state index < -0.39 is 6.09 Å². The molecule has 6 nitrogen and oxygen atoms in total. The standard InChI is InChI=1S/C13H23N3O3S/c1-12(16-3-7-18-8-4-16)14-13(17)19-9-2-15-5-10-20-11-6-15/h2-11H2,1H3. The van der Waals surface area contributed by atoms with E-state index in [4.69, 9.17) is 9.47 Å². The van der Waals surface area contributed by atoms with E-state index in [1.165, 1.54) is 11.5 Å². The number of ether oxygens (including phenoxy) is 2. The Morgan fingerprint density at radius 3 is 2.65 bits per heavy atom. The molecular weight excluding hydrogens is 278 g/mol. The number of thioether (sulfide) groups is 1. The first kappa shape index (κ1) is 15.6. The molecule has 114 valence electrons. The van der Waals surface area contributed by atoms with E-state index in [0.29, 0.717) is 25.7 Å². The van der Waals surface area contributed by atoms with Gasteiger partial charge in [0.2, 0.25) is 0 Å². The van der Waals surface area contributed by atoms with Crippen molar-refractivity contribution in [2.45, 2.75) is 6.92 Å². The second-order valence-electron chi connectivity index (χ2n) is 4.83. The molecule has 0 radical (unpaired) electrons. The third kappa shape index (κ3) is 5.30. The number of amidine groups is 1. The molecule has 1 amide bonds. The van der Waals surface area contributed by atoms with E-state index in [9.17, 15) is 4.79 Å². The van der Waals surface area contributed by atoms with Gasteiger partial charge in [0.15, 0.2) is 0 Å². The average Bonchev–Trinajstić information content (AvgIpc) is 2.49. The highest BCUT2D eigenvalue weighted by molar-refractivity contribution is 7.99. The van der Waals surface area contributed by atoms with Crippen molar-refractivity contribution in [3.05, 3.63) is 0 Å². The zero-order valence-corrected chi connectivity index (χ0v) is 12.9. The van der Waals surface area contributed by atoms with Crippen LogP contribution < -0.4 is 0 Å². The SMILES string of the molecule is CC(=NC(=O)OCCN1CCSCC1)N1CCOCC1. The second-order valence-corrected chi connectivity index (χ2v) is 6.05. The van der Waals surface area contributed by atoms with Crippen LogP contribution in [0, 0.1) is 0 Å². The molecule has 0 spiro atoms. The van der Waals surface area contributed by atoms with Crippen molar-refractivity contribution in [2.24, 2.45) is 4.99 Å². The number of nitrogens with zero attached hydrogens (tertiary/aromatic N) is 3. The van der Waals surface area contributed by atoms with Crippen LogP contribution in [0.4, 0.5) is 4.79 Å². The Bertz CT molecular complexity index is 340. The topological polar surface area (TPSA) is 54.4 Å². The first-order chi connectivity index (χ1) is 9.75. The Labute approximate surface area is 124 Å². The molecule has 2 fully saturated rings. The summed E-state index contributed by atoms with van der Waals surface area (Å²) in [6.07, 6.45) is -0.486. The van der Waals surface area contributed by atoms with Gasteiger partial charge >= 0.3 is 6.09 Å². The van der Waals surface area contributed by atoms with Crippen molar-refractivity contribution in [3.63, 3.8) is 0 Å². The van der Waals surface area contributed by atoms with E-state index >= 15 is 0 Å². The van der Waals surface area contributed by atoms with Crippen molar-refractivity contribution >= 4 is 23.7 Å². The summed E-state index contributed by atoms with van der Waals surface area (Å²) in [5.74, 6) is 3.05. The Morgan fingerprint density at radius 2 is 1.95 bits per heavy atom. The van der Waals surface area contributed by atoms with Gasteiger partial charge in [-0.1, -0.05) is 0 Å². The summed E-state index contributed by atoms with van der Waals surface area (Å²) in [6.45, 7) is 8.18. The number of aliphatic imine (C=N–C) groups is 1. The highest BCUT2D eigenvalue weighted by atomic mass is 32.2. The lowest BCUT2D eigenvalue weighted by molar-refractivity contribution is 0.0675. The molecule has 0 aromatic carbocycles. The summed E-state index contributed by atoms with van der Waals surface area (Å²) >= 11 is 1.98. The van der Waals surface area contributed by atoms with Gasteiger partial charge in [-0.25, -0.2) is 4.79 Å². The first-order valence-electron chi connectivity index (χ1n) is 7.10. The Kier molecular flexibility index (Phi) is 6.62. The zero-order chi connectivity index (χ0) is 14.2. The quantitative estimate of drug-likeness (QED) is 0.571. The summed E-state index contributed by atoms with van der Waals surface area (Å²) in [5, 5.41) is 0. The normalized spacial score (nSPS) is 21.9. The van der Waals surface area contributed by atoms with Crippen LogP contribution in [0.25, 0.3) is 0 Å². The van der Waals surface area contributed by atoms with Gasteiger partial charge < -0.3 is 14.4 Å². The first-order valence-corrected chi connectivity index (χ1v) is 8.26. The molecule has 2 heterocycles. The van der Waals surface area contributed by atoms with Crippen molar-refractivity contribution in [2.75, 3.05) is 64.1 Å². The van der Waals surface area contributed by atoms with Crippen molar-refractivity contribution < 1.29 is 14.3 Å². The molecule has 2 saturated heterocycles. The molecule has 0 aliphatic carbocycles. The molecule has 7 heteroatoms. The second kappa shape index (κ2) is 8.49. The summed E-state index contributed by atoms with van der Waals surface area (Å²) in [7, 11) is 0. The molecule has 0 aromatic rings. The minimum absolute atomic E-state index is 0.420. The molecule has 0 N–H and O–H groups in total. The largest absolute Gasteiger partial charge is 0.447 e. The van der Waals surface area contributed by atoms with Crippen LogP contribution in [0.3, 0.4) is 0 Å². The summed E-state index contributed by atoms with van der Waals surface area (Å²) in [4.78, 5) is 20.0. The monoisotopic (exact) mass is 301 g/mol. The maximum absolute atomic E-state index is 11.6. The minimum Gasteiger partial charge on any atom is -0.447 e. The number of morpholine rings is 1. The predicted octanol–water partition coefficient (Wildman–Crippen LogP) is 0.922. The minimum atomic E-state index is -0.486. The Morgan fingerprint density at radius 1 is 1.25 bits per heavy atom. The third-order valence-electron chi connectivity index (χ3n) is 3.46. The molecule has 0 atom stereocenters. The molecule has 2 aliphatic heterocycles. The third-order valence-corrected chi connectivity index (χ3v) is 4.40. The number of rotatable bonds is 3. The van der Waals surface area contributed by atoms with Gasteiger partial charge in [-0.3, -0.25) is 4.90 Å². The van der Waals surface area contributed by atoms with Crippen molar-refractivity contribution in [3.8, 4) is 0 Å². The lowest BCUT2D eigenvalue weighted by Crippen LogP contribution is -2.40. The zero-order valence-electron chi connectivity index (χ0n) is 12.0. The van der Waals surface area contributed by atoms with Crippen LogP contribution in [-0.4, -0.2) is 85.8 Å². The molecule has 0 bridgehead atoms. The number of hydrogen-bond donors (Lipinski definition) is 0. The van der Waals surface area contributed by atoms with E-state index in [2.05, 4.69) is 9.89 Å². The van der Waals surface area contributed by atoms with E-state index in [1.807, 2.05) is 23.6 Å². The maximum Gasteiger partial charge on any atom is 0.435 e. The average molecular weight is 301 g/mol. The lowest BCUT2D eigenvalue weighted by atomic mass is 10.4. The Balaban J connectivity index is 1.65. The van der Waals surface area contributed by atoms with Crippen LogP contribution in [0.1, 0.15) is 6.92 Å². The summed E-state index contributed by atoms with van der Waals surface area (Å²) < 4.78 is 10.4. The number of amides is 1. The number of carbonyl (C=O) groups excluding carboxylic acids is 1. The van der Waals surface area contributed by atoms with Gasteiger partial charge in [0, 0.05) is 44.2 Å². The van der Waals surface area contributed by atoms with Crippen LogP contribution in [0.2, 0.25) is 0 Å². The van der Waals surface area contributed by atoms with Gasteiger partial charge in [0.05, 0.1) is 13.2 Å². The van der Waals surface area contributed by atoms with Crippen LogP contribution in [0.5, 0.6) is 0 Å². The highest BCUT2D eigenvalue weighted by Gasteiger charge is 2.14. The molecule has 0 unspecified atom stereocenters. The van der Waals surface area contributed by atoms with E-state index in [1.54, 1.807) is 0 Å². The maximum atomic E-state index is 11.6. The van der Waals surface area contributed by atoms with E-state index in [-0.39, 0.29) is 0 Å². The van der Waals surface area contributed by atoms with Crippen LogP contribution >= 0.6 is 11.8 Å². The summed E-state index contributed by atoms with van der Waals surface area (Å²) in [5.41, 5.74) is 0. The number of hydrogen-bond acceptors (Lipinski definition) is 5. The number of carbonyl (C=O) groups is 1. The van der Waals surface area contributed by atoms with Gasteiger partial charge in [-0.2, -0.15) is 16.8 Å². The van der Waals surface area contributed by atoms with Crippen molar-refractivity contribution in [1.82, 2.24) is 9.80 Å². The fourth-order valence-corrected chi connectivity index (χ4v) is 3.19. The van der Waals surface area contributed by atoms with E-state index in [0.717, 1.165) is 32.7 Å². The smallest absolute Gasteiger partial charge is 0.435 e. The predicted molar refractivity (Wildman–Crippen MR) is 80.6 cm³/mol.